The Morgan fingerprint density at radius 1 is 1.78 bits per heavy atom. The molecule has 4 heteroatoms. The fourth-order valence-electron chi connectivity index (χ4n) is 0.332. The molecule has 0 spiro atoms. The summed E-state index contributed by atoms with van der Waals surface area (Å²) in [6, 6.07) is 0. The van der Waals surface area contributed by atoms with Crippen molar-refractivity contribution in [3.8, 4) is 0 Å². The zero-order valence-corrected chi connectivity index (χ0v) is 5.29. The first-order chi connectivity index (χ1) is 3.98. The number of aliphatic carboxylic acids is 1. The first-order valence-electron chi connectivity index (χ1n) is 2.64. The van der Waals surface area contributed by atoms with Gasteiger partial charge < -0.3 is 16.6 Å². The largest absolute Gasteiger partial charge is 0.481 e. The average Bonchev–Trinajstić information content (AvgIpc) is 1.63. The molecule has 0 aromatic heterocycles. The fraction of sp³-hybridized carbons (Fsp3) is 0.600. The lowest BCUT2D eigenvalue weighted by molar-refractivity contribution is -0.133. The first kappa shape index (κ1) is 8.39. The van der Waals surface area contributed by atoms with E-state index in [1.165, 1.54) is 0 Å². The van der Waals surface area contributed by atoms with Crippen LogP contribution in [0.15, 0.2) is 0 Å². The number of hydrogen-bond donors (Lipinski definition) is 3. The Morgan fingerprint density at radius 3 is 2.33 bits per heavy atom. The van der Waals surface area contributed by atoms with Crippen LogP contribution in [0.3, 0.4) is 0 Å². The van der Waals surface area contributed by atoms with Gasteiger partial charge in [-0.2, -0.15) is 0 Å². The SMILES string of the molecule is CCC(N)(N)[CH]C(=O)O. The number of carboxylic acid groups (broad SMARTS) is 1. The van der Waals surface area contributed by atoms with Gasteiger partial charge in [-0.3, -0.25) is 4.79 Å². The maximum absolute atomic E-state index is 9.96. The molecule has 0 heterocycles. The third-order valence-corrected chi connectivity index (χ3v) is 1.00. The number of carboxylic acids is 1. The van der Waals surface area contributed by atoms with Gasteiger partial charge >= 0.3 is 5.97 Å². The van der Waals surface area contributed by atoms with Crippen LogP contribution in [0, 0.1) is 6.42 Å². The summed E-state index contributed by atoms with van der Waals surface area (Å²) in [5.74, 6) is -1.08. The highest BCUT2D eigenvalue weighted by atomic mass is 16.4. The second-order valence-electron chi connectivity index (χ2n) is 1.95. The molecule has 0 rings (SSSR count). The van der Waals surface area contributed by atoms with E-state index in [4.69, 9.17) is 16.6 Å². The van der Waals surface area contributed by atoms with Gasteiger partial charge in [0.15, 0.2) is 0 Å². The molecule has 0 atom stereocenters. The van der Waals surface area contributed by atoms with Crippen LogP contribution in [-0.2, 0) is 4.79 Å². The van der Waals surface area contributed by atoms with Crippen molar-refractivity contribution in [2.45, 2.75) is 19.0 Å². The van der Waals surface area contributed by atoms with Crippen LogP contribution < -0.4 is 11.5 Å². The smallest absolute Gasteiger partial charge is 0.310 e. The van der Waals surface area contributed by atoms with Gasteiger partial charge in [-0.25, -0.2) is 0 Å². The van der Waals surface area contributed by atoms with Crippen molar-refractivity contribution in [1.29, 1.82) is 0 Å². The van der Waals surface area contributed by atoms with E-state index in [0.29, 0.717) is 6.42 Å². The van der Waals surface area contributed by atoms with E-state index in [0.717, 1.165) is 6.42 Å². The number of nitrogens with two attached hydrogens (primary N) is 2. The normalized spacial score (nSPS) is 11.4. The minimum atomic E-state index is -1.16. The van der Waals surface area contributed by atoms with Crippen LogP contribution in [0.2, 0.25) is 0 Å². The quantitative estimate of drug-likeness (QED) is 0.442. The summed E-state index contributed by atoms with van der Waals surface area (Å²) in [5.41, 5.74) is 9.36. The molecule has 0 aliphatic carbocycles. The fourth-order valence-corrected chi connectivity index (χ4v) is 0.332. The molecule has 0 aliphatic heterocycles. The molecule has 53 valence electrons. The lowest BCUT2D eigenvalue weighted by Crippen LogP contribution is -2.50. The van der Waals surface area contributed by atoms with E-state index < -0.39 is 11.6 Å². The molecule has 0 saturated heterocycles. The molecule has 0 saturated carbocycles. The van der Waals surface area contributed by atoms with Crippen molar-refractivity contribution in [2.75, 3.05) is 0 Å². The maximum Gasteiger partial charge on any atom is 0.310 e. The van der Waals surface area contributed by atoms with E-state index in [9.17, 15) is 4.79 Å². The van der Waals surface area contributed by atoms with Crippen molar-refractivity contribution in [1.82, 2.24) is 0 Å². The summed E-state index contributed by atoms with van der Waals surface area (Å²) >= 11 is 0. The third kappa shape index (κ3) is 3.93. The Morgan fingerprint density at radius 2 is 2.22 bits per heavy atom. The molecular weight excluding hydrogens is 120 g/mol. The predicted octanol–water partition coefficient (Wildman–Crippen LogP) is -0.701. The summed E-state index contributed by atoms with van der Waals surface area (Å²) in [6.07, 6.45) is 1.30. The molecule has 0 aromatic rings. The topological polar surface area (TPSA) is 89.3 Å². The van der Waals surface area contributed by atoms with Crippen LogP contribution in [0.4, 0.5) is 0 Å². The summed E-state index contributed by atoms with van der Waals surface area (Å²) in [7, 11) is 0. The second-order valence-corrected chi connectivity index (χ2v) is 1.95. The summed E-state index contributed by atoms with van der Waals surface area (Å²) in [4.78, 5) is 9.96. The zero-order chi connectivity index (χ0) is 7.49. The van der Waals surface area contributed by atoms with Crippen LogP contribution in [-0.4, -0.2) is 16.7 Å². The van der Waals surface area contributed by atoms with Crippen LogP contribution >= 0.6 is 0 Å². The van der Waals surface area contributed by atoms with Crippen LogP contribution in [0.1, 0.15) is 13.3 Å². The van der Waals surface area contributed by atoms with Crippen molar-refractivity contribution >= 4 is 5.97 Å². The Bertz CT molecular complexity index is 112. The molecule has 1 radical (unpaired) electrons. The van der Waals surface area contributed by atoms with Crippen LogP contribution in [0.25, 0.3) is 0 Å². The van der Waals surface area contributed by atoms with E-state index in [1.54, 1.807) is 6.92 Å². The predicted molar refractivity (Wildman–Crippen MR) is 33.3 cm³/mol. The Labute approximate surface area is 53.8 Å². The highest BCUT2D eigenvalue weighted by molar-refractivity contribution is 5.78. The molecule has 0 bridgehead atoms. The number of rotatable bonds is 3. The molecule has 0 aliphatic rings. The van der Waals surface area contributed by atoms with Gasteiger partial charge in [-0.05, 0) is 6.42 Å². The molecule has 5 N–H and O–H groups in total. The maximum atomic E-state index is 9.96. The molecule has 9 heavy (non-hydrogen) atoms. The van der Waals surface area contributed by atoms with Gasteiger partial charge in [0.2, 0.25) is 0 Å². The van der Waals surface area contributed by atoms with Gasteiger partial charge in [0.1, 0.15) is 6.42 Å². The minimum Gasteiger partial charge on any atom is -0.481 e. The Balaban J connectivity index is 3.71. The average molecular weight is 131 g/mol. The van der Waals surface area contributed by atoms with Gasteiger partial charge in [0.05, 0.1) is 5.66 Å². The van der Waals surface area contributed by atoms with E-state index >= 15 is 0 Å². The van der Waals surface area contributed by atoms with Gasteiger partial charge in [0, 0.05) is 0 Å². The highest BCUT2D eigenvalue weighted by Gasteiger charge is 2.20. The molecule has 4 nitrogen and oxygen atoms in total. The van der Waals surface area contributed by atoms with E-state index in [1.807, 2.05) is 0 Å². The molecule has 0 amide bonds. The standard InChI is InChI=1S/C5H11N2O2/c1-2-5(6,7)3-4(8)9/h3H,2,6-7H2,1H3,(H,8,9). The Kier molecular flexibility index (Phi) is 2.61. The Hall–Kier alpha value is -0.610. The second kappa shape index (κ2) is 2.80. The zero-order valence-electron chi connectivity index (χ0n) is 5.29. The van der Waals surface area contributed by atoms with E-state index in [2.05, 4.69) is 0 Å². The summed E-state index contributed by atoms with van der Waals surface area (Å²) in [5, 5.41) is 8.16. The third-order valence-electron chi connectivity index (χ3n) is 1.00. The first-order valence-corrected chi connectivity index (χ1v) is 2.64. The minimum absolute atomic E-state index is 0.416. The molecule has 0 unspecified atom stereocenters. The highest BCUT2D eigenvalue weighted by Crippen LogP contribution is 2.00. The molecule has 0 fully saturated rings. The van der Waals surface area contributed by atoms with Gasteiger partial charge in [0.25, 0.3) is 0 Å². The van der Waals surface area contributed by atoms with Gasteiger partial charge in [-0.15, -0.1) is 0 Å². The number of carbonyl (C=O) groups is 1. The lowest BCUT2D eigenvalue weighted by atomic mass is 10.1. The number of hydrogen-bond acceptors (Lipinski definition) is 3. The van der Waals surface area contributed by atoms with Gasteiger partial charge in [-0.1, -0.05) is 6.92 Å². The van der Waals surface area contributed by atoms with Crippen molar-refractivity contribution in [3.63, 3.8) is 0 Å². The van der Waals surface area contributed by atoms with Crippen molar-refractivity contribution < 1.29 is 9.90 Å². The summed E-state index contributed by atoms with van der Waals surface area (Å²) < 4.78 is 0. The monoisotopic (exact) mass is 131 g/mol. The lowest BCUT2D eigenvalue weighted by Gasteiger charge is -2.18. The van der Waals surface area contributed by atoms with Crippen LogP contribution in [0.5, 0.6) is 0 Å². The van der Waals surface area contributed by atoms with Crippen molar-refractivity contribution in [3.05, 3.63) is 6.42 Å². The van der Waals surface area contributed by atoms with Crippen molar-refractivity contribution in [2.24, 2.45) is 11.5 Å². The molecular formula is C5H11N2O2. The van der Waals surface area contributed by atoms with E-state index in [-0.39, 0.29) is 0 Å². The molecule has 0 aromatic carbocycles. The summed E-state index contributed by atoms with van der Waals surface area (Å²) in [6.45, 7) is 1.72.